The number of benzene rings is 2. The largest absolute Gasteiger partial charge is 0.375 e. The highest BCUT2D eigenvalue weighted by Gasteiger charge is 2.48. The predicted molar refractivity (Wildman–Crippen MR) is 101 cm³/mol. The fraction of sp³-hybridized carbons (Fsp3) is 0.409. The van der Waals surface area contributed by atoms with Crippen molar-refractivity contribution in [2.75, 3.05) is 33.4 Å². The van der Waals surface area contributed by atoms with Crippen LogP contribution in [0.5, 0.6) is 0 Å². The van der Waals surface area contributed by atoms with Crippen molar-refractivity contribution in [1.82, 2.24) is 9.80 Å². The van der Waals surface area contributed by atoms with Crippen molar-refractivity contribution in [1.29, 1.82) is 0 Å². The van der Waals surface area contributed by atoms with E-state index in [9.17, 15) is 13.6 Å². The summed E-state index contributed by atoms with van der Waals surface area (Å²) in [4.78, 5) is 16.7. The molecule has 0 N–H and O–H groups in total. The third kappa shape index (κ3) is 3.80. The number of hydrogen-bond donors (Lipinski definition) is 0. The maximum atomic E-state index is 13.9. The summed E-state index contributed by atoms with van der Waals surface area (Å²) in [6.45, 7) is 2.96. The van der Waals surface area contributed by atoms with E-state index in [2.05, 4.69) is 4.90 Å². The van der Waals surface area contributed by atoms with E-state index in [-0.39, 0.29) is 36.1 Å². The van der Waals surface area contributed by atoms with Gasteiger partial charge in [0.15, 0.2) is 0 Å². The summed E-state index contributed by atoms with van der Waals surface area (Å²) < 4.78 is 32.4. The molecule has 0 aliphatic carbocycles. The summed E-state index contributed by atoms with van der Waals surface area (Å²) in [5.41, 5.74) is 1.76. The van der Waals surface area contributed by atoms with Crippen molar-refractivity contribution in [3.8, 4) is 0 Å². The van der Waals surface area contributed by atoms with Crippen LogP contribution >= 0.6 is 0 Å². The normalized spacial score (nSPS) is 24.5. The van der Waals surface area contributed by atoms with Gasteiger partial charge in [-0.15, -0.1) is 0 Å². The van der Waals surface area contributed by atoms with E-state index < -0.39 is 0 Å². The number of rotatable bonds is 5. The second kappa shape index (κ2) is 7.97. The van der Waals surface area contributed by atoms with Gasteiger partial charge < -0.3 is 9.64 Å². The highest BCUT2D eigenvalue weighted by Crippen LogP contribution is 2.45. The number of carbonyl (C=O) groups excluding carboxylic acids is 1. The molecule has 0 saturated carbocycles. The number of likely N-dealkylation sites (tertiary alicyclic amines) is 2. The molecule has 1 amide bonds. The summed E-state index contributed by atoms with van der Waals surface area (Å²) >= 11 is 0. The van der Waals surface area contributed by atoms with Gasteiger partial charge in [-0.2, -0.15) is 0 Å². The summed E-state index contributed by atoms with van der Waals surface area (Å²) in [6.07, 6.45) is 0. The molecule has 0 unspecified atom stereocenters. The van der Waals surface area contributed by atoms with Crippen LogP contribution in [-0.4, -0.2) is 49.1 Å². The van der Waals surface area contributed by atoms with Crippen molar-refractivity contribution >= 4 is 5.91 Å². The fourth-order valence-electron chi connectivity index (χ4n) is 4.74. The zero-order valence-electron chi connectivity index (χ0n) is 15.9. The van der Waals surface area contributed by atoms with E-state index in [4.69, 9.17) is 4.74 Å². The Kier molecular flexibility index (Phi) is 5.42. The van der Waals surface area contributed by atoms with Crippen molar-refractivity contribution in [3.63, 3.8) is 0 Å². The molecule has 0 radical (unpaired) electrons. The number of fused-ring (bicyclic) bond motifs is 1. The second-order valence-electron chi connectivity index (χ2n) is 7.73. The zero-order chi connectivity index (χ0) is 19.7. The highest BCUT2D eigenvalue weighted by molar-refractivity contribution is 5.78. The Labute approximate surface area is 163 Å². The van der Waals surface area contributed by atoms with Crippen molar-refractivity contribution in [3.05, 3.63) is 71.3 Å². The average Bonchev–Trinajstić information content (AvgIpc) is 3.19. The summed E-state index contributed by atoms with van der Waals surface area (Å²) in [5, 5.41) is 0. The van der Waals surface area contributed by atoms with E-state index in [1.165, 1.54) is 25.3 Å². The molecule has 6 heteroatoms. The number of amides is 1. The van der Waals surface area contributed by atoms with E-state index in [1.807, 2.05) is 17.0 Å². The van der Waals surface area contributed by atoms with Crippen LogP contribution in [0, 0.1) is 23.5 Å². The van der Waals surface area contributed by atoms with Crippen LogP contribution in [0.4, 0.5) is 8.78 Å². The Balaban J connectivity index is 1.55. The number of ether oxygens (including phenoxy) is 1. The first kappa shape index (κ1) is 19.0. The number of halogens is 2. The van der Waals surface area contributed by atoms with Crippen LogP contribution < -0.4 is 0 Å². The lowest BCUT2D eigenvalue weighted by molar-refractivity contribution is -0.136. The topological polar surface area (TPSA) is 32.8 Å². The van der Waals surface area contributed by atoms with Gasteiger partial charge in [0.25, 0.3) is 0 Å². The third-order valence-corrected chi connectivity index (χ3v) is 5.81. The van der Waals surface area contributed by atoms with E-state index in [0.717, 1.165) is 24.2 Å². The monoisotopic (exact) mass is 386 g/mol. The molecule has 2 heterocycles. The van der Waals surface area contributed by atoms with Crippen molar-refractivity contribution < 1.29 is 18.3 Å². The zero-order valence-corrected chi connectivity index (χ0v) is 15.9. The average molecular weight is 386 g/mol. The maximum absolute atomic E-state index is 13.9. The number of carbonyl (C=O) groups is 1. The predicted octanol–water partition coefficient (Wildman–Crippen LogP) is 3.24. The Morgan fingerprint density at radius 3 is 2.54 bits per heavy atom. The van der Waals surface area contributed by atoms with Crippen molar-refractivity contribution in [2.24, 2.45) is 11.8 Å². The van der Waals surface area contributed by atoms with Crippen LogP contribution in [0.2, 0.25) is 0 Å². The summed E-state index contributed by atoms with van der Waals surface area (Å²) in [7, 11) is 1.51. The van der Waals surface area contributed by atoms with E-state index >= 15 is 0 Å². The Morgan fingerprint density at radius 2 is 1.82 bits per heavy atom. The number of nitrogens with zero attached hydrogens (tertiary/aromatic N) is 2. The van der Waals surface area contributed by atoms with Gasteiger partial charge in [-0.1, -0.05) is 24.3 Å². The molecular weight excluding hydrogens is 362 g/mol. The first-order valence-electron chi connectivity index (χ1n) is 9.56. The lowest BCUT2D eigenvalue weighted by Gasteiger charge is -2.30. The lowest BCUT2D eigenvalue weighted by atomic mass is 9.89. The molecule has 4 nitrogen and oxygen atoms in total. The molecular formula is C22H24F2N2O2. The molecule has 2 aliphatic rings. The SMILES string of the molecule is COCC(=O)N1C[C@H]2CN(Cc3cccc(F)c3)C[C@H]2[C@@H]1c1cccc(F)c1. The maximum Gasteiger partial charge on any atom is 0.249 e. The van der Waals surface area contributed by atoms with Crippen LogP contribution in [0.15, 0.2) is 48.5 Å². The minimum absolute atomic E-state index is 0.0261. The fourth-order valence-corrected chi connectivity index (χ4v) is 4.74. The lowest BCUT2D eigenvalue weighted by Crippen LogP contribution is -2.37. The second-order valence-corrected chi connectivity index (χ2v) is 7.73. The summed E-state index contributed by atoms with van der Waals surface area (Å²) in [5.74, 6) is -0.0674. The first-order valence-corrected chi connectivity index (χ1v) is 9.56. The Morgan fingerprint density at radius 1 is 1.07 bits per heavy atom. The van der Waals surface area contributed by atoms with Gasteiger partial charge in [-0.3, -0.25) is 9.69 Å². The van der Waals surface area contributed by atoms with Gasteiger partial charge in [0.1, 0.15) is 18.2 Å². The number of hydrogen-bond acceptors (Lipinski definition) is 3. The summed E-state index contributed by atoms with van der Waals surface area (Å²) in [6, 6.07) is 13.0. The Bertz CT molecular complexity index is 860. The smallest absolute Gasteiger partial charge is 0.249 e. The standard InChI is InChI=1S/C22H24F2N2O2/c1-28-14-21(27)26-12-17-11-25(10-15-4-2-6-18(23)8-15)13-20(17)22(26)16-5-3-7-19(24)9-16/h2-9,17,20,22H,10-14H2,1H3/t17-,20-,22+/m1/s1. The molecule has 2 fully saturated rings. The third-order valence-electron chi connectivity index (χ3n) is 5.81. The molecule has 2 aromatic rings. The molecule has 3 atom stereocenters. The molecule has 2 aromatic carbocycles. The molecule has 2 aliphatic heterocycles. The molecule has 4 rings (SSSR count). The van der Waals surface area contributed by atoms with Crippen LogP contribution in [0.3, 0.4) is 0 Å². The Hall–Kier alpha value is -2.31. The van der Waals surface area contributed by atoms with Gasteiger partial charge in [-0.05, 0) is 41.3 Å². The molecule has 0 bridgehead atoms. The highest BCUT2D eigenvalue weighted by atomic mass is 19.1. The van der Waals surface area contributed by atoms with Crippen molar-refractivity contribution in [2.45, 2.75) is 12.6 Å². The van der Waals surface area contributed by atoms with Gasteiger partial charge in [0.2, 0.25) is 5.91 Å². The van der Waals surface area contributed by atoms with E-state index in [1.54, 1.807) is 18.2 Å². The van der Waals surface area contributed by atoms with Crippen LogP contribution in [-0.2, 0) is 16.1 Å². The minimum Gasteiger partial charge on any atom is -0.375 e. The van der Waals surface area contributed by atoms with Crippen LogP contribution in [0.1, 0.15) is 17.2 Å². The van der Waals surface area contributed by atoms with Gasteiger partial charge in [-0.25, -0.2) is 8.78 Å². The quantitative estimate of drug-likeness (QED) is 0.791. The van der Waals surface area contributed by atoms with E-state index in [0.29, 0.717) is 19.0 Å². The molecule has 0 spiro atoms. The van der Waals surface area contributed by atoms with Crippen LogP contribution in [0.25, 0.3) is 0 Å². The van der Waals surface area contributed by atoms with Gasteiger partial charge >= 0.3 is 0 Å². The first-order chi connectivity index (χ1) is 13.5. The molecule has 2 saturated heterocycles. The van der Waals surface area contributed by atoms with Gasteiger partial charge in [0.05, 0.1) is 6.04 Å². The molecule has 148 valence electrons. The molecule has 28 heavy (non-hydrogen) atoms. The number of methoxy groups -OCH3 is 1. The van der Waals surface area contributed by atoms with Gasteiger partial charge in [0, 0.05) is 39.2 Å². The minimum atomic E-state index is -0.297. The molecule has 0 aromatic heterocycles.